The number of carbonyl (C=O) groups is 1. The Morgan fingerprint density at radius 1 is 1.58 bits per heavy atom. The molecule has 0 aliphatic carbocycles. The van der Waals surface area contributed by atoms with E-state index in [0.717, 1.165) is 6.20 Å². The molecule has 0 unspecified atom stereocenters. The maximum Gasteiger partial charge on any atom is 0.340 e. The van der Waals surface area contributed by atoms with Crippen LogP contribution in [0.2, 0.25) is 10.2 Å². The van der Waals surface area contributed by atoms with Crippen LogP contribution in [-0.2, 0) is 0 Å². The molecular weight excluding hydrogens is 208 g/mol. The molecule has 0 saturated carbocycles. The summed E-state index contributed by atoms with van der Waals surface area (Å²) in [5.41, 5.74) is -0.656. The van der Waals surface area contributed by atoms with E-state index in [1.807, 2.05) is 0 Å². The lowest BCUT2D eigenvalue weighted by Gasteiger charge is -1.99. The Kier molecular flexibility index (Phi) is 2.49. The van der Waals surface area contributed by atoms with Crippen LogP contribution in [0.25, 0.3) is 0 Å². The van der Waals surface area contributed by atoms with Gasteiger partial charge >= 0.3 is 5.97 Å². The third-order valence-corrected chi connectivity index (χ3v) is 1.69. The zero-order chi connectivity index (χ0) is 9.30. The Labute approximate surface area is 76.7 Å². The first-order valence-corrected chi connectivity index (χ1v) is 3.52. The van der Waals surface area contributed by atoms with E-state index in [9.17, 15) is 9.18 Å². The van der Waals surface area contributed by atoms with Crippen molar-refractivity contribution in [2.75, 3.05) is 0 Å². The van der Waals surface area contributed by atoms with Crippen molar-refractivity contribution in [3.05, 3.63) is 27.8 Å². The predicted molar refractivity (Wildman–Crippen MR) is 41.2 cm³/mol. The molecule has 0 aliphatic rings. The van der Waals surface area contributed by atoms with E-state index in [1.165, 1.54) is 0 Å². The van der Waals surface area contributed by atoms with Crippen molar-refractivity contribution < 1.29 is 14.3 Å². The molecule has 0 atom stereocenters. The van der Waals surface area contributed by atoms with Crippen LogP contribution >= 0.6 is 23.2 Å². The van der Waals surface area contributed by atoms with Crippen molar-refractivity contribution in [2.45, 2.75) is 0 Å². The summed E-state index contributed by atoms with van der Waals surface area (Å²) in [4.78, 5) is 13.7. The van der Waals surface area contributed by atoms with Crippen LogP contribution in [-0.4, -0.2) is 16.1 Å². The van der Waals surface area contributed by atoms with Gasteiger partial charge in [-0.3, -0.25) is 0 Å². The number of rotatable bonds is 1. The molecule has 1 aromatic heterocycles. The second-order valence-electron chi connectivity index (χ2n) is 1.89. The van der Waals surface area contributed by atoms with Crippen molar-refractivity contribution in [3.8, 4) is 0 Å². The second kappa shape index (κ2) is 3.25. The first kappa shape index (κ1) is 9.22. The third kappa shape index (κ3) is 1.49. The minimum absolute atomic E-state index is 0.274. The van der Waals surface area contributed by atoms with Gasteiger partial charge in [-0.2, -0.15) is 0 Å². The SMILES string of the molecule is O=C(O)c1c(Cl)cnc(Cl)c1F. The van der Waals surface area contributed by atoms with Gasteiger partial charge in [0.25, 0.3) is 0 Å². The maximum absolute atomic E-state index is 12.9. The van der Waals surface area contributed by atoms with Gasteiger partial charge in [-0.25, -0.2) is 14.2 Å². The Hall–Kier alpha value is -0.870. The van der Waals surface area contributed by atoms with E-state index >= 15 is 0 Å². The molecule has 3 nitrogen and oxygen atoms in total. The van der Waals surface area contributed by atoms with Crippen LogP contribution in [0.5, 0.6) is 0 Å². The number of hydrogen-bond acceptors (Lipinski definition) is 2. The highest BCUT2D eigenvalue weighted by atomic mass is 35.5. The van der Waals surface area contributed by atoms with Crippen molar-refractivity contribution in [2.24, 2.45) is 0 Å². The number of hydrogen-bond donors (Lipinski definition) is 1. The lowest BCUT2D eigenvalue weighted by molar-refractivity contribution is 0.0692. The highest BCUT2D eigenvalue weighted by molar-refractivity contribution is 6.34. The molecule has 0 saturated heterocycles. The molecule has 12 heavy (non-hydrogen) atoms. The first-order chi connectivity index (χ1) is 5.54. The molecule has 1 heterocycles. The average Bonchev–Trinajstić information content (AvgIpc) is 1.97. The van der Waals surface area contributed by atoms with Gasteiger partial charge in [0, 0.05) is 6.20 Å². The summed E-state index contributed by atoms with van der Waals surface area (Å²) in [6, 6.07) is 0. The Morgan fingerprint density at radius 2 is 2.17 bits per heavy atom. The van der Waals surface area contributed by atoms with Gasteiger partial charge in [0.15, 0.2) is 11.0 Å². The van der Waals surface area contributed by atoms with Crippen LogP contribution in [0, 0.1) is 5.82 Å². The van der Waals surface area contributed by atoms with E-state index in [2.05, 4.69) is 4.98 Å². The fourth-order valence-corrected chi connectivity index (χ4v) is 0.994. The van der Waals surface area contributed by atoms with Gasteiger partial charge in [-0.15, -0.1) is 0 Å². The second-order valence-corrected chi connectivity index (χ2v) is 2.66. The highest BCUT2D eigenvalue weighted by Crippen LogP contribution is 2.22. The number of aromatic carboxylic acids is 1. The molecular formula is C6H2Cl2FNO2. The van der Waals surface area contributed by atoms with Crippen LogP contribution in [0.1, 0.15) is 10.4 Å². The summed E-state index contributed by atoms with van der Waals surface area (Å²) in [5, 5.41) is 7.68. The minimum atomic E-state index is -1.47. The molecule has 0 aromatic carbocycles. The summed E-state index contributed by atoms with van der Waals surface area (Å²) in [5.74, 6) is -2.58. The van der Waals surface area contributed by atoms with Crippen molar-refractivity contribution in [1.82, 2.24) is 4.98 Å². The average molecular weight is 210 g/mol. The summed E-state index contributed by atoms with van der Waals surface area (Å²) in [6.07, 6.45) is 0.983. The molecule has 64 valence electrons. The fraction of sp³-hybridized carbons (Fsp3) is 0. The Bertz CT molecular complexity index is 343. The molecule has 0 bridgehead atoms. The molecule has 6 heteroatoms. The quantitative estimate of drug-likeness (QED) is 0.723. The monoisotopic (exact) mass is 209 g/mol. The Balaban J connectivity index is 3.43. The van der Waals surface area contributed by atoms with Crippen molar-refractivity contribution in [1.29, 1.82) is 0 Å². The number of halogens is 3. The predicted octanol–water partition coefficient (Wildman–Crippen LogP) is 2.23. The molecule has 0 aliphatic heterocycles. The summed E-state index contributed by atoms with van der Waals surface area (Å²) in [7, 11) is 0. The van der Waals surface area contributed by atoms with Gasteiger partial charge in [0.05, 0.1) is 5.02 Å². The molecule has 1 aromatic rings. The molecule has 0 radical (unpaired) electrons. The molecule has 0 fully saturated rings. The van der Waals surface area contributed by atoms with E-state index in [4.69, 9.17) is 28.3 Å². The summed E-state index contributed by atoms with van der Waals surface area (Å²) in [6.45, 7) is 0. The fourth-order valence-electron chi connectivity index (χ4n) is 0.639. The standard InChI is InChI=1S/C6H2Cl2FNO2/c7-2-1-10-5(8)4(9)3(2)6(11)12/h1H,(H,11,12). The third-order valence-electron chi connectivity index (χ3n) is 1.14. The summed E-state index contributed by atoms with van der Waals surface area (Å²) >= 11 is 10.6. The largest absolute Gasteiger partial charge is 0.478 e. The lowest BCUT2D eigenvalue weighted by Crippen LogP contribution is -2.03. The van der Waals surface area contributed by atoms with E-state index in [0.29, 0.717) is 0 Å². The summed E-state index contributed by atoms with van der Waals surface area (Å²) < 4.78 is 12.9. The minimum Gasteiger partial charge on any atom is -0.478 e. The van der Waals surface area contributed by atoms with Crippen LogP contribution in [0.3, 0.4) is 0 Å². The van der Waals surface area contributed by atoms with Gasteiger partial charge < -0.3 is 5.11 Å². The number of nitrogens with zero attached hydrogens (tertiary/aromatic N) is 1. The van der Waals surface area contributed by atoms with Crippen LogP contribution < -0.4 is 0 Å². The van der Waals surface area contributed by atoms with Crippen LogP contribution in [0.15, 0.2) is 6.20 Å². The zero-order valence-corrected chi connectivity index (χ0v) is 7.03. The lowest BCUT2D eigenvalue weighted by atomic mass is 10.2. The molecule has 1 rings (SSSR count). The van der Waals surface area contributed by atoms with Gasteiger partial charge in [-0.05, 0) is 0 Å². The van der Waals surface area contributed by atoms with Crippen molar-refractivity contribution in [3.63, 3.8) is 0 Å². The van der Waals surface area contributed by atoms with E-state index in [1.54, 1.807) is 0 Å². The molecule has 0 amide bonds. The number of aromatic nitrogens is 1. The number of pyridine rings is 1. The topological polar surface area (TPSA) is 50.2 Å². The van der Waals surface area contributed by atoms with Gasteiger partial charge in [-0.1, -0.05) is 23.2 Å². The molecule has 0 spiro atoms. The van der Waals surface area contributed by atoms with E-state index < -0.39 is 22.5 Å². The smallest absolute Gasteiger partial charge is 0.340 e. The first-order valence-electron chi connectivity index (χ1n) is 2.77. The van der Waals surface area contributed by atoms with Gasteiger partial charge in [0.2, 0.25) is 0 Å². The molecule has 1 N–H and O–H groups in total. The highest BCUT2D eigenvalue weighted by Gasteiger charge is 2.18. The number of carboxylic acid groups (broad SMARTS) is 1. The van der Waals surface area contributed by atoms with E-state index in [-0.39, 0.29) is 5.02 Å². The Morgan fingerprint density at radius 3 is 2.58 bits per heavy atom. The maximum atomic E-state index is 12.9. The zero-order valence-electron chi connectivity index (χ0n) is 5.51. The number of carboxylic acids is 1. The van der Waals surface area contributed by atoms with Crippen LogP contribution in [0.4, 0.5) is 4.39 Å². The normalized spacial score (nSPS) is 9.92. The van der Waals surface area contributed by atoms with Gasteiger partial charge in [0.1, 0.15) is 5.56 Å². The van der Waals surface area contributed by atoms with Crippen molar-refractivity contribution >= 4 is 29.2 Å².